The molecule has 0 aromatic heterocycles. The van der Waals surface area contributed by atoms with Gasteiger partial charge in [-0.05, 0) is 42.5 Å². The molecule has 30 heavy (non-hydrogen) atoms. The first kappa shape index (κ1) is 22.0. The summed E-state index contributed by atoms with van der Waals surface area (Å²) < 4.78 is 106. The molecule has 0 spiro atoms. The fourth-order valence-corrected chi connectivity index (χ4v) is 3.22. The smallest absolute Gasteiger partial charge is 0.432 e. The molecule has 3 rings (SSSR count). The number of ether oxygens (including phenoxy) is 2. The molecule has 1 aliphatic heterocycles. The van der Waals surface area contributed by atoms with Crippen molar-refractivity contribution in [1.82, 2.24) is 0 Å². The summed E-state index contributed by atoms with van der Waals surface area (Å²) in [6.45, 7) is 1.99. The van der Waals surface area contributed by atoms with Crippen LogP contribution in [-0.2, 0) is 10.8 Å². The SMILES string of the molecule is CCCC1=COC(c2cc(F)c(C(F)(F)Oc3cc(F)c(F)c(F)c3)c(F)c2)CC1. The first-order chi connectivity index (χ1) is 14.1. The Morgan fingerprint density at radius 2 is 1.57 bits per heavy atom. The lowest BCUT2D eigenvalue weighted by atomic mass is 9.96. The van der Waals surface area contributed by atoms with Crippen molar-refractivity contribution in [1.29, 1.82) is 0 Å². The molecule has 0 N–H and O–H groups in total. The summed E-state index contributed by atoms with van der Waals surface area (Å²) in [6, 6.07) is 1.69. The average molecular weight is 434 g/mol. The molecule has 0 radical (unpaired) electrons. The van der Waals surface area contributed by atoms with Crippen molar-refractivity contribution in [2.75, 3.05) is 0 Å². The molecule has 1 unspecified atom stereocenters. The van der Waals surface area contributed by atoms with Gasteiger partial charge in [0.25, 0.3) is 0 Å². The minimum Gasteiger partial charge on any atom is -0.493 e. The monoisotopic (exact) mass is 434 g/mol. The topological polar surface area (TPSA) is 18.5 Å². The zero-order valence-electron chi connectivity index (χ0n) is 15.8. The molecule has 0 amide bonds. The van der Waals surface area contributed by atoms with Crippen LogP contribution in [0.4, 0.5) is 30.7 Å². The van der Waals surface area contributed by atoms with E-state index in [1.165, 1.54) is 6.26 Å². The van der Waals surface area contributed by atoms with Gasteiger partial charge in [-0.25, -0.2) is 22.0 Å². The number of hydrogen-bond acceptors (Lipinski definition) is 2. The summed E-state index contributed by atoms with van der Waals surface area (Å²) in [5.74, 6) is -9.85. The molecule has 0 bridgehead atoms. The molecule has 0 saturated heterocycles. The summed E-state index contributed by atoms with van der Waals surface area (Å²) in [5.41, 5.74) is -0.672. The van der Waals surface area contributed by atoms with E-state index in [0.717, 1.165) is 18.4 Å². The van der Waals surface area contributed by atoms with E-state index < -0.39 is 52.6 Å². The fourth-order valence-electron chi connectivity index (χ4n) is 3.22. The second-order valence-electron chi connectivity index (χ2n) is 6.87. The van der Waals surface area contributed by atoms with Gasteiger partial charge in [0.05, 0.1) is 6.26 Å². The van der Waals surface area contributed by atoms with Crippen LogP contribution in [0.25, 0.3) is 0 Å². The van der Waals surface area contributed by atoms with Crippen molar-refractivity contribution in [2.45, 2.75) is 44.8 Å². The molecule has 1 atom stereocenters. The van der Waals surface area contributed by atoms with E-state index in [0.29, 0.717) is 25.0 Å². The molecule has 0 fully saturated rings. The fraction of sp³-hybridized carbons (Fsp3) is 0.333. The maximum atomic E-state index is 14.4. The highest BCUT2D eigenvalue weighted by atomic mass is 19.3. The second kappa shape index (κ2) is 8.57. The van der Waals surface area contributed by atoms with Crippen molar-refractivity contribution in [3.8, 4) is 5.75 Å². The lowest BCUT2D eigenvalue weighted by Gasteiger charge is -2.25. The normalized spacial score (nSPS) is 16.8. The maximum Gasteiger partial charge on any atom is 0.432 e. The van der Waals surface area contributed by atoms with Gasteiger partial charge in [0, 0.05) is 12.1 Å². The van der Waals surface area contributed by atoms with Gasteiger partial charge >= 0.3 is 6.11 Å². The third-order valence-corrected chi connectivity index (χ3v) is 4.63. The zero-order valence-corrected chi connectivity index (χ0v) is 15.8. The average Bonchev–Trinajstić information content (AvgIpc) is 2.65. The van der Waals surface area contributed by atoms with E-state index in [-0.39, 0.29) is 17.7 Å². The molecular formula is C21H17F7O2. The quantitative estimate of drug-likeness (QED) is 0.358. The van der Waals surface area contributed by atoms with Gasteiger partial charge < -0.3 is 9.47 Å². The Kier molecular flexibility index (Phi) is 6.28. The molecule has 1 aliphatic rings. The maximum absolute atomic E-state index is 14.4. The molecule has 1 heterocycles. The number of halogens is 7. The predicted molar refractivity (Wildman–Crippen MR) is 93.2 cm³/mol. The molecule has 0 aliphatic carbocycles. The number of allylic oxidation sites excluding steroid dienone is 1. The third-order valence-electron chi connectivity index (χ3n) is 4.63. The standard InChI is InChI=1S/C21H17F7O2/c1-2-3-11-4-5-18(29-10-11)12-6-14(22)19(15(23)7-12)21(27,28)30-13-8-16(24)20(26)17(25)9-13/h6-10,18H,2-5H2,1H3. The summed E-state index contributed by atoms with van der Waals surface area (Å²) in [5, 5.41) is 0. The van der Waals surface area contributed by atoms with Gasteiger partial charge in [0.2, 0.25) is 0 Å². The zero-order chi connectivity index (χ0) is 22.1. The highest BCUT2D eigenvalue weighted by molar-refractivity contribution is 5.32. The first-order valence-corrected chi connectivity index (χ1v) is 9.16. The van der Waals surface area contributed by atoms with Gasteiger partial charge in [-0.3, -0.25) is 0 Å². The van der Waals surface area contributed by atoms with Crippen LogP contribution in [0.3, 0.4) is 0 Å². The molecule has 162 valence electrons. The van der Waals surface area contributed by atoms with Crippen molar-refractivity contribution in [3.63, 3.8) is 0 Å². The molecule has 2 aromatic rings. The van der Waals surface area contributed by atoms with Crippen LogP contribution in [-0.4, -0.2) is 0 Å². The van der Waals surface area contributed by atoms with E-state index in [1.807, 2.05) is 6.92 Å². The van der Waals surface area contributed by atoms with Gasteiger partial charge in [-0.1, -0.05) is 13.3 Å². The number of alkyl halides is 2. The van der Waals surface area contributed by atoms with Crippen LogP contribution in [0.1, 0.15) is 49.8 Å². The van der Waals surface area contributed by atoms with Gasteiger partial charge in [-0.2, -0.15) is 8.78 Å². The Labute approximate surface area is 167 Å². The van der Waals surface area contributed by atoms with Crippen LogP contribution in [0, 0.1) is 29.1 Å². The van der Waals surface area contributed by atoms with Crippen molar-refractivity contribution in [3.05, 3.63) is 76.3 Å². The number of rotatable bonds is 6. The van der Waals surface area contributed by atoms with E-state index in [1.54, 1.807) is 0 Å². The van der Waals surface area contributed by atoms with Crippen LogP contribution in [0.2, 0.25) is 0 Å². The van der Waals surface area contributed by atoms with Gasteiger partial charge in [0.15, 0.2) is 17.5 Å². The van der Waals surface area contributed by atoms with Gasteiger partial charge in [-0.15, -0.1) is 0 Å². The highest BCUT2D eigenvalue weighted by Crippen LogP contribution is 2.38. The Hall–Kier alpha value is -2.71. The first-order valence-electron chi connectivity index (χ1n) is 9.16. The Morgan fingerprint density at radius 3 is 2.07 bits per heavy atom. The lowest BCUT2D eigenvalue weighted by Crippen LogP contribution is -2.26. The third kappa shape index (κ3) is 4.55. The predicted octanol–water partition coefficient (Wildman–Crippen LogP) is 7.05. The Bertz CT molecular complexity index is 926. The van der Waals surface area contributed by atoms with Crippen LogP contribution < -0.4 is 4.74 Å². The summed E-state index contributed by atoms with van der Waals surface area (Å²) >= 11 is 0. The van der Waals surface area contributed by atoms with Crippen molar-refractivity contribution in [2.24, 2.45) is 0 Å². The molecule has 2 aromatic carbocycles. The van der Waals surface area contributed by atoms with Crippen LogP contribution in [0.15, 0.2) is 36.1 Å². The van der Waals surface area contributed by atoms with Crippen LogP contribution >= 0.6 is 0 Å². The molecule has 2 nitrogen and oxygen atoms in total. The van der Waals surface area contributed by atoms with E-state index >= 15 is 0 Å². The lowest BCUT2D eigenvalue weighted by molar-refractivity contribution is -0.189. The number of benzene rings is 2. The molecular weight excluding hydrogens is 417 g/mol. The second-order valence-corrected chi connectivity index (χ2v) is 6.87. The minimum atomic E-state index is -4.62. The summed E-state index contributed by atoms with van der Waals surface area (Å²) in [4.78, 5) is 0. The van der Waals surface area contributed by atoms with Crippen molar-refractivity contribution < 1.29 is 40.2 Å². The Morgan fingerprint density at radius 1 is 0.967 bits per heavy atom. The summed E-state index contributed by atoms with van der Waals surface area (Å²) in [6.07, 6.45) is -1.02. The number of hydrogen-bond donors (Lipinski definition) is 0. The largest absolute Gasteiger partial charge is 0.493 e. The Balaban J connectivity index is 1.86. The van der Waals surface area contributed by atoms with Crippen molar-refractivity contribution >= 4 is 0 Å². The summed E-state index contributed by atoms with van der Waals surface area (Å²) in [7, 11) is 0. The van der Waals surface area contributed by atoms with E-state index in [9.17, 15) is 30.7 Å². The van der Waals surface area contributed by atoms with Gasteiger partial charge in [0.1, 0.15) is 29.1 Å². The molecule has 9 heteroatoms. The molecule has 0 saturated carbocycles. The highest BCUT2D eigenvalue weighted by Gasteiger charge is 2.42. The van der Waals surface area contributed by atoms with E-state index in [4.69, 9.17) is 4.74 Å². The van der Waals surface area contributed by atoms with E-state index in [2.05, 4.69) is 4.74 Å². The van der Waals surface area contributed by atoms with Crippen LogP contribution in [0.5, 0.6) is 5.75 Å². The minimum absolute atomic E-state index is 0.0234.